The van der Waals surface area contributed by atoms with Crippen LogP contribution in [0.2, 0.25) is 5.04 Å². The van der Waals surface area contributed by atoms with Crippen LogP contribution in [-0.2, 0) is 16.8 Å². The first-order valence-electron chi connectivity index (χ1n) is 21.3. The fourth-order valence-corrected chi connectivity index (χ4v) is 14.1. The lowest BCUT2D eigenvalue weighted by Crippen LogP contribution is -2.68. The quantitative estimate of drug-likeness (QED) is 0.0754. The summed E-state index contributed by atoms with van der Waals surface area (Å²) in [7, 11) is -2.87. The van der Waals surface area contributed by atoms with Gasteiger partial charge in [-0.2, -0.15) is 0 Å². The predicted octanol–water partition coefficient (Wildman–Crippen LogP) is 10.1. The molecular formula is C54H50N4O2SSi. The van der Waals surface area contributed by atoms with E-state index in [4.69, 9.17) is 21.6 Å². The van der Waals surface area contributed by atoms with Crippen molar-refractivity contribution in [3.63, 3.8) is 0 Å². The summed E-state index contributed by atoms with van der Waals surface area (Å²) in [6.45, 7) is 7.42. The molecule has 1 unspecified atom stereocenters. The number of carbonyl (C=O) groups is 1. The lowest BCUT2D eigenvalue weighted by molar-refractivity contribution is -0.118. The molecule has 1 N–H and O–H groups in total. The highest BCUT2D eigenvalue weighted by Gasteiger charge is 2.52. The molecule has 9 rings (SSSR count). The fraction of sp³-hybridized carbons (Fsp3) is 0.167. The third-order valence-corrected chi connectivity index (χ3v) is 17.5. The Morgan fingerprint density at radius 1 is 0.710 bits per heavy atom. The van der Waals surface area contributed by atoms with Crippen molar-refractivity contribution in [1.82, 2.24) is 14.9 Å². The zero-order chi connectivity index (χ0) is 42.7. The predicted molar refractivity (Wildman–Crippen MR) is 259 cm³/mol. The molecule has 8 aromatic rings. The van der Waals surface area contributed by atoms with Gasteiger partial charge in [-0.15, -0.1) is 0 Å². The molecule has 1 fully saturated rings. The van der Waals surface area contributed by atoms with E-state index in [9.17, 15) is 4.79 Å². The molecule has 0 saturated carbocycles. The Balaban J connectivity index is 0.974. The van der Waals surface area contributed by atoms with Gasteiger partial charge in [0.2, 0.25) is 5.91 Å². The maximum absolute atomic E-state index is 14.3. The van der Waals surface area contributed by atoms with Gasteiger partial charge < -0.3 is 19.2 Å². The molecule has 2 heterocycles. The molecular weight excluding hydrogens is 797 g/mol. The molecule has 1 atom stereocenters. The van der Waals surface area contributed by atoms with Gasteiger partial charge in [-0.25, -0.2) is 4.98 Å². The highest BCUT2D eigenvalue weighted by Crippen LogP contribution is 2.42. The minimum atomic E-state index is -2.87. The second-order valence-corrected chi connectivity index (χ2v) is 21.8. The summed E-state index contributed by atoms with van der Waals surface area (Å²) in [5.41, 5.74) is 4.37. The Bertz CT molecular complexity index is 2680. The van der Waals surface area contributed by atoms with E-state index in [2.05, 4.69) is 195 Å². The first-order chi connectivity index (χ1) is 30.2. The summed E-state index contributed by atoms with van der Waals surface area (Å²) in [5, 5.41) is 7.68. The van der Waals surface area contributed by atoms with Crippen molar-refractivity contribution in [3.05, 3.63) is 223 Å². The van der Waals surface area contributed by atoms with Crippen LogP contribution in [0.25, 0.3) is 10.8 Å². The minimum Gasteiger partial charge on any atom is -0.534 e. The minimum absolute atomic E-state index is 0.0000602. The van der Waals surface area contributed by atoms with Crippen LogP contribution in [0.1, 0.15) is 49.6 Å². The van der Waals surface area contributed by atoms with E-state index in [1.54, 1.807) is 0 Å². The van der Waals surface area contributed by atoms with Gasteiger partial charge in [-0.3, -0.25) is 4.79 Å². The molecule has 0 radical (unpaired) electrons. The molecule has 1 aliphatic heterocycles. The average molecular weight is 847 g/mol. The number of nitrogens with one attached hydrogen (secondary N) is 1. The molecule has 1 saturated heterocycles. The largest absolute Gasteiger partial charge is 0.534 e. The second-order valence-electron chi connectivity index (χ2n) is 17.1. The van der Waals surface area contributed by atoms with E-state index >= 15 is 0 Å². The van der Waals surface area contributed by atoms with Crippen LogP contribution in [0, 0.1) is 0 Å². The third kappa shape index (κ3) is 7.43. The Labute approximate surface area is 371 Å². The number of hydrogen-bond acceptors (Lipinski definition) is 4. The van der Waals surface area contributed by atoms with E-state index in [0.717, 1.165) is 44.6 Å². The zero-order valence-electron chi connectivity index (χ0n) is 35.3. The summed E-state index contributed by atoms with van der Waals surface area (Å²) in [6, 6.07) is 65.0. The number of aromatic nitrogens is 2. The molecule has 0 spiro atoms. The van der Waals surface area contributed by atoms with E-state index in [-0.39, 0.29) is 10.9 Å². The number of amides is 1. The number of imidazole rings is 1. The van der Waals surface area contributed by atoms with E-state index in [1.165, 1.54) is 10.4 Å². The molecule has 6 nitrogen and oxygen atoms in total. The topological polar surface area (TPSA) is 59.4 Å². The summed E-state index contributed by atoms with van der Waals surface area (Å²) >= 11 is 5.98. The molecule has 1 aliphatic rings. The molecule has 62 heavy (non-hydrogen) atoms. The van der Waals surface area contributed by atoms with Gasteiger partial charge in [0.15, 0.2) is 0 Å². The lowest BCUT2D eigenvalue weighted by Gasteiger charge is -2.43. The monoisotopic (exact) mass is 846 g/mol. The molecule has 8 heteroatoms. The lowest BCUT2D eigenvalue weighted by atomic mass is 9.77. The SMILES string of the molecule is CC(C)(C)[Si](Oc1ccc2cccc(N3CCC(NC(=S)Cc4cn(C(c5ccccc5)(c5ccccc5)c5ccccc5)cn4)C3=O)c2c1)(c1ccccc1)c1ccccc1. The van der Waals surface area contributed by atoms with E-state index in [0.29, 0.717) is 24.4 Å². The summed E-state index contributed by atoms with van der Waals surface area (Å²) in [6.07, 6.45) is 5.02. The highest BCUT2D eigenvalue weighted by atomic mass is 32.1. The van der Waals surface area contributed by atoms with Gasteiger partial charge in [0.1, 0.15) is 17.3 Å². The van der Waals surface area contributed by atoms with Gasteiger partial charge in [0, 0.05) is 24.5 Å². The molecule has 1 aromatic heterocycles. The Morgan fingerprint density at radius 3 is 1.77 bits per heavy atom. The maximum Gasteiger partial charge on any atom is 0.319 e. The van der Waals surface area contributed by atoms with Crippen molar-refractivity contribution >= 4 is 58.3 Å². The molecule has 1 amide bonds. The van der Waals surface area contributed by atoms with Crippen molar-refractivity contribution in [1.29, 1.82) is 0 Å². The van der Waals surface area contributed by atoms with Crippen LogP contribution in [0.3, 0.4) is 0 Å². The summed E-state index contributed by atoms with van der Waals surface area (Å²) < 4.78 is 9.61. The van der Waals surface area contributed by atoms with Crippen LogP contribution in [-0.4, -0.2) is 41.4 Å². The van der Waals surface area contributed by atoms with Crippen LogP contribution in [0.15, 0.2) is 201 Å². The zero-order valence-corrected chi connectivity index (χ0v) is 37.1. The normalized spacial score (nSPS) is 14.5. The Kier molecular flexibility index (Phi) is 11.2. The van der Waals surface area contributed by atoms with Crippen molar-refractivity contribution in [2.24, 2.45) is 0 Å². The van der Waals surface area contributed by atoms with Crippen molar-refractivity contribution < 1.29 is 9.22 Å². The number of carbonyl (C=O) groups excluding carboxylic acids is 1. The second kappa shape index (κ2) is 17.0. The molecule has 7 aromatic carbocycles. The fourth-order valence-electron chi connectivity index (χ4n) is 9.45. The summed E-state index contributed by atoms with van der Waals surface area (Å²) in [5.74, 6) is 0.789. The Morgan fingerprint density at radius 2 is 1.24 bits per heavy atom. The van der Waals surface area contributed by atoms with Crippen molar-refractivity contribution in [3.8, 4) is 5.75 Å². The van der Waals surface area contributed by atoms with Gasteiger partial charge in [0.25, 0.3) is 0 Å². The number of nitrogens with zero attached hydrogens (tertiary/aromatic N) is 3. The number of benzene rings is 7. The summed E-state index contributed by atoms with van der Waals surface area (Å²) in [4.78, 5) is 21.7. The van der Waals surface area contributed by atoms with Crippen LogP contribution < -0.4 is 25.0 Å². The van der Waals surface area contributed by atoms with Crippen LogP contribution in [0.4, 0.5) is 5.69 Å². The number of rotatable bonds is 12. The van der Waals surface area contributed by atoms with Gasteiger partial charge in [-0.05, 0) is 62.1 Å². The highest BCUT2D eigenvalue weighted by molar-refractivity contribution is 7.80. The molecule has 0 bridgehead atoms. The standard InChI is InChI=1S/C54H50N4O2SSi/c1-53(2,3)62(46-27-15-7-16-28-46,47-29-17-8-18-30-47)60-45-33-32-40-20-19-31-50(48(40)37-45)58-35-34-49(52(58)59)56-51(61)36-44-38-57(39-55-44)54(41-21-9-4-10-22-41,42-23-11-5-12-24-42)43-25-13-6-14-26-43/h4-33,37-39,49H,34-36H2,1-3H3,(H,56,61). The number of hydrogen-bond donors (Lipinski definition) is 1. The van der Waals surface area contributed by atoms with Gasteiger partial charge in [-0.1, -0.05) is 203 Å². The number of anilines is 1. The van der Waals surface area contributed by atoms with Gasteiger partial charge >= 0.3 is 8.32 Å². The van der Waals surface area contributed by atoms with Crippen LogP contribution >= 0.6 is 12.2 Å². The maximum atomic E-state index is 14.3. The third-order valence-electron chi connectivity index (χ3n) is 12.3. The van der Waals surface area contributed by atoms with Crippen molar-refractivity contribution in [2.75, 3.05) is 11.4 Å². The molecule has 308 valence electrons. The number of thiocarbonyl (C=S) groups is 1. The molecule has 0 aliphatic carbocycles. The van der Waals surface area contributed by atoms with E-state index < -0.39 is 19.9 Å². The van der Waals surface area contributed by atoms with Crippen molar-refractivity contribution in [2.45, 2.75) is 50.2 Å². The van der Waals surface area contributed by atoms with Gasteiger partial charge in [0.05, 0.1) is 22.7 Å². The smallest absolute Gasteiger partial charge is 0.319 e. The first kappa shape index (κ1) is 40.8. The first-order valence-corrected chi connectivity index (χ1v) is 23.6. The Hall–Kier alpha value is -6.61. The average Bonchev–Trinajstić information content (AvgIpc) is 3.92. The number of fused-ring (bicyclic) bond motifs is 1. The van der Waals surface area contributed by atoms with Crippen LogP contribution in [0.5, 0.6) is 5.75 Å². The van der Waals surface area contributed by atoms with E-state index in [1.807, 2.05) is 41.6 Å².